The van der Waals surface area contributed by atoms with Crippen LogP contribution in [-0.4, -0.2) is 24.4 Å². The van der Waals surface area contributed by atoms with Crippen molar-refractivity contribution < 1.29 is 27.4 Å². The summed E-state index contributed by atoms with van der Waals surface area (Å²) in [5, 5.41) is 0. The molecule has 0 spiro atoms. The first-order valence-electron chi connectivity index (χ1n) is 9.51. The molecule has 158 valence electrons. The third kappa shape index (κ3) is 6.22. The van der Waals surface area contributed by atoms with Gasteiger partial charge in [0.05, 0.1) is 25.5 Å². The van der Waals surface area contributed by atoms with Crippen molar-refractivity contribution in [1.29, 1.82) is 0 Å². The van der Waals surface area contributed by atoms with Gasteiger partial charge in [-0.2, -0.15) is 13.2 Å². The zero-order chi connectivity index (χ0) is 21.4. The quantitative estimate of drug-likeness (QED) is 0.420. The van der Waals surface area contributed by atoms with E-state index in [1.54, 1.807) is 30.3 Å². The number of aromatic nitrogens is 1. The van der Waals surface area contributed by atoms with Gasteiger partial charge < -0.3 is 14.2 Å². The van der Waals surface area contributed by atoms with Crippen molar-refractivity contribution in [3.63, 3.8) is 0 Å². The highest BCUT2D eigenvalue weighted by Gasteiger charge is 2.40. The van der Waals surface area contributed by atoms with Crippen LogP contribution >= 0.6 is 0 Å². The van der Waals surface area contributed by atoms with Gasteiger partial charge in [-0.25, -0.2) is 4.98 Å². The second-order valence-electron chi connectivity index (χ2n) is 6.49. The molecule has 0 radical (unpaired) electrons. The Morgan fingerprint density at radius 1 is 0.867 bits per heavy atom. The summed E-state index contributed by atoms with van der Waals surface area (Å²) in [5.41, 5.74) is 0.608. The Morgan fingerprint density at radius 3 is 2.27 bits per heavy atom. The first-order valence-corrected chi connectivity index (χ1v) is 9.51. The summed E-state index contributed by atoms with van der Waals surface area (Å²) in [6, 6.07) is 20.1. The molecule has 30 heavy (non-hydrogen) atoms. The Balaban J connectivity index is 1.62. The van der Waals surface area contributed by atoms with Gasteiger partial charge in [0, 0.05) is 6.07 Å². The molecule has 0 aliphatic heterocycles. The van der Waals surface area contributed by atoms with Crippen LogP contribution in [0.1, 0.15) is 24.1 Å². The van der Waals surface area contributed by atoms with E-state index in [0.717, 1.165) is 0 Å². The van der Waals surface area contributed by atoms with E-state index in [1.807, 2.05) is 25.1 Å². The Hall–Kier alpha value is -3.06. The number of hydrogen-bond acceptors (Lipinski definition) is 4. The van der Waals surface area contributed by atoms with Gasteiger partial charge in [0.15, 0.2) is 0 Å². The zero-order valence-corrected chi connectivity index (χ0v) is 16.4. The standard InChI is InChI=1S/C23H22F3NO3/c1-2-29-19-13-11-17(12-14-19)21(23(24,25)26)16-28-15-18-7-6-10-22(27-18)30-20-8-4-3-5-9-20/h3-14,21H,2,15-16H2,1H3. The summed E-state index contributed by atoms with van der Waals surface area (Å²) in [5.74, 6) is -0.240. The predicted molar refractivity (Wildman–Crippen MR) is 107 cm³/mol. The maximum absolute atomic E-state index is 13.5. The molecule has 0 aliphatic rings. The summed E-state index contributed by atoms with van der Waals surface area (Å²) in [4.78, 5) is 4.29. The van der Waals surface area contributed by atoms with E-state index in [1.165, 1.54) is 24.3 Å². The molecule has 1 atom stereocenters. The van der Waals surface area contributed by atoms with Crippen LogP contribution in [0.5, 0.6) is 17.4 Å². The topological polar surface area (TPSA) is 40.6 Å². The van der Waals surface area contributed by atoms with Crippen LogP contribution in [0.3, 0.4) is 0 Å². The minimum absolute atomic E-state index is 0.0599. The molecular weight excluding hydrogens is 395 g/mol. The first kappa shape index (κ1) is 21.6. The first-order chi connectivity index (χ1) is 14.5. The summed E-state index contributed by atoms with van der Waals surface area (Å²) >= 11 is 0. The van der Waals surface area contributed by atoms with Gasteiger partial charge in [0.1, 0.15) is 17.4 Å². The Kier molecular flexibility index (Phi) is 7.30. The number of ether oxygens (including phenoxy) is 3. The molecule has 0 aliphatic carbocycles. The van der Waals surface area contributed by atoms with Crippen LogP contribution in [-0.2, 0) is 11.3 Å². The van der Waals surface area contributed by atoms with Gasteiger partial charge in [-0.15, -0.1) is 0 Å². The predicted octanol–water partition coefficient (Wildman–Crippen LogP) is 6.14. The average molecular weight is 417 g/mol. The molecular formula is C23H22F3NO3. The van der Waals surface area contributed by atoms with Crippen molar-refractivity contribution >= 4 is 0 Å². The summed E-state index contributed by atoms with van der Waals surface area (Å²) in [6.07, 6.45) is -4.43. The highest BCUT2D eigenvalue weighted by molar-refractivity contribution is 5.30. The normalized spacial score (nSPS) is 12.4. The fourth-order valence-corrected chi connectivity index (χ4v) is 2.83. The number of nitrogens with zero attached hydrogens (tertiary/aromatic N) is 1. The second kappa shape index (κ2) is 10.1. The van der Waals surface area contributed by atoms with Crippen LogP contribution in [0.2, 0.25) is 0 Å². The zero-order valence-electron chi connectivity index (χ0n) is 16.4. The van der Waals surface area contributed by atoms with Gasteiger partial charge in [-0.1, -0.05) is 36.4 Å². The number of benzene rings is 2. The number of alkyl halides is 3. The summed E-state index contributed by atoms with van der Waals surface area (Å²) in [7, 11) is 0. The highest BCUT2D eigenvalue weighted by atomic mass is 19.4. The van der Waals surface area contributed by atoms with Gasteiger partial charge >= 0.3 is 6.18 Å². The monoisotopic (exact) mass is 417 g/mol. The number of pyridine rings is 1. The highest BCUT2D eigenvalue weighted by Crippen LogP contribution is 2.36. The van der Waals surface area contributed by atoms with Gasteiger partial charge in [-0.05, 0) is 42.8 Å². The maximum atomic E-state index is 13.5. The second-order valence-corrected chi connectivity index (χ2v) is 6.49. The molecule has 0 saturated heterocycles. The number of hydrogen-bond donors (Lipinski definition) is 0. The van der Waals surface area contributed by atoms with Crippen LogP contribution in [0.25, 0.3) is 0 Å². The lowest BCUT2D eigenvalue weighted by molar-refractivity contribution is -0.163. The van der Waals surface area contributed by atoms with Crippen LogP contribution in [0, 0.1) is 0 Å². The summed E-state index contributed by atoms with van der Waals surface area (Å²) < 4.78 is 56.9. The van der Waals surface area contributed by atoms with Crippen molar-refractivity contribution in [3.8, 4) is 17.4 Å². The van der Waals surface area contributed by atoms with E-state index < -0.39 is 18.7 Å². The van der Waals surface area contributed by atoms with Crippen molar-refractivity contribution in [2.75, 3.05) is 13.2 Å². The van der Waals surface area contributed by atoms with E-state index in [9.17, 15) is 13.2 Å². The SMILES string of the molecule is CCOc1ccc(C(COCc2cccc(Oc3ccccc3)n2)C(F)(F)F)cc1. The average Bonchev–Trinajstić information content (AvgIpc) is 2.72. The number of para-hydroxylation sites is 1. The van der Waals surface area contributed by atoms with E-state index in [-0.39, 0.29) is 12.2 Å². The van der Waals surface area contributed by atoms with Crippen LogP contribution in [0.15, 0.2) is 72.8 Å². The maximum Gasteiger partial charge on any atom is 0.397 e. The molecule has 1 aromatic heterocycles. The Bertz CT molecular complexity index is 915. The van der Waals surface area contributed by atoms with Gasteiger partial charge in [0.25, 0.3) is 0 Å². The van der Waals surface area contributed by atoms with Crippen molar-refractivity contribution in [3.05, 3.63) is 84.1 Å². The van der Waals surface area contributed by atoms with E-state index in [0.29, 0.717) is 29.7 Å². The van der Waals surface area contributed by atoms with Crippen molar-refractivity contribution in [2.45, 2.75) is 25.6 Å². The van der Waals surface area contributed by atoms with E-state index in [4.69, 9.17) is 14.2 Å². The van der Waals surface area contributed by atoms with Crippen LogP contribution in [0.4, 0.5) is 13.2 Å². The Morgan fingerprint density at radius 2 is 1.60 bits per heavy atom. The minimum atomic E-state index is -4.43. The molecule has 1 heterocycles. The molecule has 0 N–H and O–H groups in total. The van der Waals surface area contributed by atoms with Gasteiger partial charge in [-0.3, -0.25) is 0 Å². The third-order valence-electron chi connectivity index (χ3n) is 4.27. The minimum Gasteiger partial charge on any atom is -0.494 e. The molecule has 4 nitrogen and oxygen atoms in total. The molecule has 0 fully saturated rings. The fraction of sp³-hybridized carbons (Fsp3) is 0.261. The van der Waals surface area contributed by atoms with Crippen molar-refractivity contribution in [2.24, 2.45) is 0 Å². The molecule has 0 bridgehead atoms. The molecule has 3 aromatic rings. The Labute approximate surface area is 173 Å². The summed E-state index contributed by atoms with van der Waals surface area (Å²) in [6.45, 7) is 1.69. The largest absolute Gasteiger partial charge is 0.494 e. The lowest BCUT2D eigenvalue weighted by Gasteiger charge is -2.21. The molecule has 2 aromatic carbocycles. The van der Waals surface area contributed by atoms with E-state index in [2.05, 4.69) is 4.98 Å². The molecule has 3 rings (SSSR count). The van der Waals surface area contributed by atoms with Crippen LogP contribution < -0.4 is 9.47 Å². The molecule has 0 amide bonds. The van der Waals surface area contributed by atoms with E-state index >= 15 is 0 Å². The molecule has 0 saturated carbocycles. The molecule has 1 unspecified atom stereocenters. The lowest BCUT2D eigenvalue weighted by atomic mass is 9.99. The third-order valence-corrected chi connectivity index (χ3v) is 4.27. The fourth-order valence-electron chi connectivity index (χ4n) is 2.83. The van der Waals surface area contributed by atoms with Gasteiger partial charge in [0.2, 0.25) is 5.88 Å². The smallest absolute Gasteiger partial charge is 0.397 e. The molecule has 7 heteroatoms. The lowest BCUT2D eigenvalue weighted by Crippen LogP contribution is -2.25. The number of rotatable bonds is 9. The van der Waals surface area contributed by atoms with Crippen molar-refractivity contribution in [1.82, 2.24) is 4.98 Å². The number of halogens is 3.